The molecular formula is C15H11ClF3NO2. The molecule has 0 aliphatic heterocycles. The second kappa shape index (κ2) is 6.70. The van der Waals surface area contributed by atoms with Crippen LogP contribution in [-0.4, -0.2) is 12.3 Å². The first-order valence-corrected chi connectivity index (χ1v) is 6.60. The number of carbonyl (C=O) groups excluding carboxylic acids is 1. The van der Waals surface area contributed by atoms with E-state index in [9.17, 15) is 18.0 Å². The molecule has 7 heteroatoms. The SMILES string of the molecule is O=C(NCc1ccccc1Cl)c1ccc(OC(F)(F)F)cc1. The molecule has 0 bridgehead atoms. The smallest absolute Gasteiger partial charge is 0.406 e. The topological polar surface area (TPSA) is 38.3 Å². The monoisotopic (exact) mass is 329 g/mol. The van der Waals surface area contributed by atoms with Gasteiger partial charge in [0.1, 0.15) is 5.75 Å². The summed E-state index contributed by atoms with van der Waals surface area (Å²) in [6.45, 7) is 0.222. The van der Waals surface area contributed by atoms with E-state index in [-0.39, 0.29) is 17.9 Å². The van der Waals surface area contributed by atoms with Crippen molar-refractivity contribution < 1.29 is 22.7 Å². The van der Waals surface area contributed by atoms with Crippen molar-refractivity contribution in [3.05, 3.63) is 64.7 Å². The van der Waals surface area contributed by atoms with Gasteiger partial charge in [0, 0.05) is 17.1 Å². The number of halogens is 4. The normalized spacial score (nSPS) is 11.1. The maximum absolute atomic E-state index is 12.0. The molecule has 0 aromatic heterocycles. The fourth-order valence-electron chi connectivity index (χ4n) is 1.73. The molecule has 0 radical (unpaired) electrons. The van der Waals surface area contributed by atoms with Gasteiger partial charge in [0.05, 0.1) is 0 Å². The lowest BCUT2D eigenvalue weighted by atomic mass is 10.2. The molecule has 1 amide bonds. The zero-order chi connectivity index (χ0) is 16.2. The lowest BCUT2D eigenvalue weighted by Gasteiger charge is -2.10. The first-order valence-electron chi connectivity index (χ1n) is 6.22. The van der Waals surface area contributed by atoms with E-state index in [1.165, 1.54) is 12.1 Å². The van der Waals surface area contributed by atoms with Gasteiger partial charge in [0.2, 0.25) is 0 Å². The molecule has 0 spiro atoms. The number of alkyl halides is 3. The second-order valence-electron chi connectivity index (χ2n) is 4.35. The molecule has 3 nitrogen and oxygen atoms in total. The lowest BCUT2D eigenvalue weighted by molar-refractivity contribution is -0.274. The van der Waals surface area contributed by atoms with E-state index in [1.54, 1.807) is 24.3 Å². The molecule has 0 saturated carbocycles. The Morgan fingerprint density at radius 1 is 1.09 bits per heavy atom. The summed E-state index contributed by atoms with van der Waals surface area (Å²) in [4.78, 5) is 11.9. The molecule has 116 valence electrons. The van der Waals surface area contributed by atoms with Gasteiger partial charge in [-0.15, -0.1) is 13.2 Å². The summed E-state index contributed by atoms with van der Waals surface area (Å²) < 4.78 is 39.8. The van der Waals surface area contributed by atoms with E-state index in [0.717, 1.165) is 17.7 Å². The Hall–Kier alpha value is -2.21. The number of hydrogen-bond donors (Lipinski definition) is 1. The number of amides is 1. The summed E-state index contributed by atoms with van der Waals surface area (Å²) in [5.41, 5.74) is 0.969. The summed E-state index contributed by atoms with van der Waals surface area (Å²) in [6, 6.07) is 11.7. The molecule has 0 atom stereocenters. The van der Waals surface area contributed by atoms with Crippen molar-refractivity contribution in [3.63, 3.8) is 0 Å². The van der Waals surface area contributed by atoms with E-state index >= 15 is 0 Å². The van der Waals surface area contributed by atoms with Crippen molar-refractivity contribution in [1.82, 2.24) is 5.32 Å². The number of carbonyl (C=O) groups is 1. The highest BCUT2D eigenvalue weighted by Crippen LogP contribution is 2.22. The minimum absolute atomic E-state index is 0.222. The van der Waals surface area contributed by atoms with Crippen LogP contribution in [0.2, 0.25) is 5.02 Å². The van der Waals surface area contributed by atoms with Crippen LogP contribution in [0.5, 0.6) is 5.75 Å². The molecule has 0 heterocycles. The number of nitrogens with one attached hydrogen (secondary N) is 1. The van der Waals surface area contributed by atoms with Crippen molar-refractivity contribution in [2.24, 2.45) is 0 Å². The number of benzene rings is 2. The Kier molecular flexibility index (Phi) is 4.92. The maximum atomic E-state index is 12.0. The van der Waals surface area contributed by atoms with E-state index in [1.807, 2.05) is 0 Å². The quantitative estimate of drug-likeness (QED) is 0.914. The zero-order valence-corrected chi connectivity index (χ0v) is 11.9. The number of rotatable bonds is 4. The molecule has 0 aliphatic carbocycles. The van der Waals surface area contributed by atoms with Gasteiger partial charge in [-0.3, -0.25) is 4.79 Å². The first-order chi connectivity index (χ1) is 10.3. The number of ether oxygens (including phenoxy) is 1. The molecular weight excluding hydrogens is 319 g/mol. The van der Waals surface area contributed by atoms with Crippen LogP contribution in [0.15, 0.2) is 48.5 Å². The summed E-state index contributed by atoms with van der Waals surface area (Å²) >= 11 is 5.96. The fraction of sp³-hybridized carbons (Fsp3) is 0.133. The van der Waals surface area contributed by atoms with Crippen molar-refractivity contribution in [2.45, 2.75) is 12.9 Å². The molecule has 22 heavy (non-hydrogen) atoms. The highest BCUT2D eigenvalue weighted by Gasteiger charge is 2.31. The third kappa shape index (κ3) is 4.66. The summed E-state index contributed by atoms with van der Waals surface area (Å²) in [7, 11) is 0. The highest BCUT2D eigenvalue weighted by atomic mass is 35.5. The zero-order valence-electron chi connectivity index (χ0n) is 11.2. The molecule has 2 rings (SSSR count). The van der Waals surface area contributed by atoms with Crippen LogP contribution in [0.4, 0.5) is 13.2 Å². The van der Waals surface area contributed by atoms with Gasteiger partial charge in [0.25, 0.3) is 5.91 Å². The van der Waals surface area contributed by atoms with E-state index in [2.05, 4.69) is 10.1 Å². The summed E-state index contributed by atoms with van der Waals surface area (Å²) in [6.07, 6.45) is -4.76. The Labute approximate surface area is 129 Å². The Bertz CT molecular complexity index is 657. The van der Waals surface area contributed by atoms with E-state index in [0.29, 0.717) is 5.02 Å². The standard InChI is InChI=1S/C15H11ClF3NO2/c16-13-4-2-1-3-11(13)9-20-14(21)10-5-7-12(8-6-10)22-15(17,18)19/h1-8H,9H2,(H,20,21). The van der Waals surface area contributed by atoms with Gasteiger partial charge in [-0.2, -0.15) is 0 Å². The molecule has 2 aromatic carbocycles. The molecule has 0 saturated heterocycles. The highest BCUT2D eigenvalue weighted by molar-refractivity contribution is 6.31. The predicted octanol–water partition coefficient (Wildman–Crippen LogP) is 4.17. The van der Waals surface area contributed by atoms with Gasteiger partial charge in [-0.25, -0.2) is 0 Å². The van der Waals surface area contributed by atoms with Gasteiger partial charge < -0.3 is 10.1 Å². The molecule has 0 unspecified atom stereocenters. The van der Waals surface area contributed by atoms with Gasteiger partial charge in [-0.1, -0.05) is 29.8 Å². The Morgan fingerprint density at radius 3 is 2.32 bits per heavy atom. The van der Waals surface area contributed by atoms with Crippen molar-refractivity contribution >= 4 is 17.5 Å². The van der Waals surface area contributed by atoms with E-state index in [4.69, 9.17) is 11.6 Å². The average molecular weight is 330 g/mol. The Balaban J connectivity index is 1.97. The fourth-order valence-corrected chi connectivity index (χ4v) is 1.93. The van der Waals surface area contributed by atoms with Gasteiger partial charge >= 0.3 is 6.36 Å². The third-order valence-electron chi connectivity index (χ3n) is 2.75. The van der Waals surface area contributed by atoms with Gasteiger partial charge in [0.15, 0.2) is 0 Å². The minimum Gasteiger partial charge on any atom is -0.406 e. The Morgan fingerprint density at radius 2 is 1.73 bits per heavy atom. The van der Waals surface area contributed by atoms with Crippen molar-refractivity contribution in [3.8, 4) is 5.75 Å². The largest absolute Gasteiger partial charge is 0.573 e. The predicted molar refractivity (Wildman–Crippen MR) is 75.7 cm³/mol. The third-order valence-corrected chi connectivity index (χ3v) is 3.12. The van der Waals surface area contributed by atoms with E-state index < -0.39 is 12.3 Å². The maximum Gasteiger partial charge on any atom is 0.573 e. The second-order valence-corrected chi connectivity index (χ2v) is 4.75. The first kappa shape index (κ1) is 16.2. The number of hydrogen-bond acceptors (Lipinski definition) is 2. The summed E-state index contributed by atoms with van der Waals surface area (Å²) in [5, 5.41) is 3.16. The van der Waals surface area contributed by atoms with Crippen LogP contribution in [0.3, 0.4) is 0 Å². The molecule has 1 N–H and O–H groups in total. The van der Waals surface area contributed by atoms with Crippen LogP contribution in [0.25, 0.3) is 0 Å². The average Bonchev–Trinajstić information content (AvgIpc) is 2.45. The molecule has 0 fully saturated rings. The van der Waals surface area contributed by atoms with Crippen LogP contribution in [-0.2, 0) is 6.54 Å². The van der Waals surface area contributed by atoms with Gasteiger partial charge in [-0.05, 0) is 35.9 Å². The van der Waals surface area contributed by atoms with Crippen molar-refractivity contribution in [2.75, 3.05) is 0 Å². The molecule has 2 aromatic rings. The van der Waals surface area contributed by atoms with Crippen LogP contribution < -0.4 is 10.1 Å². The van der Waals surface area contributed by atoms with Crippen molar-refractivity contribution in [1.29, 1.82) is 0 Å². The van der Waals surface area contributed by atoms with Crippen LogP contribution in [0, 0.1) is 0 Å². The van der Waals surface area contributed by atoms with Crippen LogP contribution >= 0.6 is 11.6 Å². The van der Waals surface area contributed by atoms with Crippen LogP contribution in [0.1, 0.15) is 15.9 Å². The lowest BCUT2D eigenvalue weighted by Crippen LogP contribution is -2.23. The minimum atomic E-state index is -4.76. The molecule has 0 aliphatic rings. The summed E-state index contributed by atoms with van der Waals surface area (Å²) in [5.74, 6) is -0.798.